The van der Waals surface area contributed by atoms with Gasteiger partial charge in [-0.3, -0.25) is 5.43 Å². The summed E-state index contributed by atoms with van der Waals surface area (Å²) in [7, 11) is 0. The maximum absolute atomic E-state index is 7.38. The van der Waals surface area contributed by atoms with Gasteiger partial charge in [-0.15, -0.1) is 0 Å². The van der Waals surface area contributed by atoms with E-state index in [-0.39, 0.29) is 11.6 Å². The van der Waals surface area contributed by atoms with Crippen molar-refractivity contribution in [2.45, 2.75) is 32.4 Å². The Balaban J connectivity index is 2.62. The van der Waals surface area contributed by atoms with E-state index in [9.17, 15) is 0 Å². The smallest absolute Gasteiger partial charge is 0.0807 e. The summed E-state index contributed by atoms with van der Waals surface area (Å²) in [6.07, 6.45) is 1.40. The van der Waals surface area contributed by atoms with Crippen molar-refractivity contribution in [2.75, 3.05) is 0 Å². The molecule has 0 radical (unpaired) electrons. The number of benzene rings is 1. The van der Waals surface area contributed by atoms with Crippen LogP contribution in [0.3, 0.4) is 0 Å². The summed E-state index contributed by atoms with van der Waals surface area (Å²) in [5, 5.41) is 7.38. The second-order valence-electron chi connectivity index (χ2n) is 4.57. The lowest BCUT2D eigenvalue weighted by atomic mass is 10.1. The zero-order valence-electron chi connectivity index (χ0n) is 9.54. The average molecular weight is 205 g/mol. The van der Waals surface area contributed by atoms with Gasteiger partial charge in [0.1, 0.15) is 0 Å². The molecule has 0 heterocycles. The van der Waals surface area contributed by atoms with Crippen molar-refractivity contribution in [1.82, 2.24) is 10.9 Å². The van der Waals surface area contributed by atoms with Crippen LogP contribution in [0.5, 0.6) is 0 Å². The highest BCUT2D eigenvalue weighted by Gasteiger charge is 2.12. The van der Waals surface area contributed by atoms with E-state index in [2.05, 4.69) is 31.6 Å². The molecule has 1 atom stereocenters. The average Bonchev–Trinajstić information content (AvgIpc) is 2.19. The Labute approximate surface area is 91.4 Å². The van der Waals surface area contributed by atoms with Crippen LogP contribution in [0, 0.1) is 5.41 Å². The van der Waals surface area contributed by atoms with Gasteiger partial charge in [0.05, 0.1) is 6.04 Å². The molecule has 1 rings (SSSR count). The topological polar surface area (TPSA) is 47.9 Å². The van der Waals surface area contributed by atoms with E-state index < -0.39 is 0 Å². The van der Waals surface area contributed by atoms with Crippen molar-refractivity contribution in [3.63, 3.8) is 0 Å². The molecular formula is C12H19N3. The molecule has 0 aliphatic heterocycles. The van der Waals surface area contributed by atoms with E-state index in [0.717, 1.165) is 5.56 Å². The molecule has 0 spiro atoms. The van der Waals surface area contributed by atoms with Crippen LogP contribution in [0.25, 0.3) is 0 Å². The van der Waals surface area contributed by atoms with Crippen LogP contribution in [-0.4, -0.2) is 11.8 Å². The van der Waals surface area contributed by atoms with Crippen LogP contribution in [0.1, 0.15) is 32.4 Å². The quantitative estimate of drug-likeness (QED) is 0.521. The summed E-state index contributed by atoms with van der Waals surface area (Å²) in [6, 6.07) is 9.86. The van der Waals surface area contributed by atoms with Gasteiger partial charge in [0.15, 0.2) is 0 Å². The highest BCUT2D eigenvalue weighted by atomic mass is 15.4. The molecule has 3 nitrogen and oxygen atoms in total. The molecule has 0 fully saturated rings. The van der Waals surface area contributed by atoms with Crippen molar-refractivity contribution in [3.05, 3.63) is 35.9 Å². The number of hydrazine groups is 1. The molecule has 0 saturated heterocycles. The van der Waals surface area contributed by atoms with Crippen LogP contribution < -0.4 is 10.9 Å². The van der Waals surface area contributed by atoms with Crippen LogP contribution in [0.15, 0.2) is 30.3 Å². The van der Waals surface area contributed by atoms with Crippen molar-refractivity contribution in [1.29, 1.82) is 5.41 Å². The number of hydrogen-bond donors (Lipinski definition) is 3. The van der Waals surface area contributed by atoms with Crippen LogP contribution in [0.4, 0.5) is 0 Å². The zero-order valence-corrected chi connectivity index (χ0v) is 9.54. The van der Waals surface area contributed by atoms with Gasteiger partial charge in [0, 0.05) is 11.8 Å². The monoisotopic (exact) mass is 205 g/mol. The van der Waals surface area contributed by atoms with E-state index in [1.165, 1.54) is 6.21 Å². The number of nitrogens with one attached hydrogen (secondary N) is 3. The minimum atomic E-state index is -0.0783. The Kier molecular flexibility index (Phi) is 4.00. The molecule has 0 amide bonds. The second-order valence-corrected chi connectivity index (χ2v) is 4.57. The van der Waals surface area contributed by atoms with E-state index in [1.54, 1.807) is 0 Å². The first kappa shape index (κ1) is 11.9. The Morgan fingerprint density at radius 2 is 1.80 bits per heavy atom. The number of hydrogen-bond acceptors (Lipinski definition) is 3. The maximum Gasteiger partial charge on any atom is 0.0807 e. The van der Waals surface area contributed by atoms with Gasteiger partial charge in [-0.25, -0.2) is 5.43 Å². The molecule has 3 N–H and O–H groups in total. The van der Waals surface area contributed by atoms with Crippen LogP contribution >= 0.6 is 0 Å². The van der Waals surface area contributed by atoms with Crippen molar-refractivity contribution < 1.29 is 0 Å². The molecule has 0 aromatic heterocycles. The fourth-order valence-corrected chi connectivity index (χ4v) is 1.18. The molecular weight excluding hydrogens is 186 g/mol. The van der Waals surface area contributed by atoms with Gasteiger partial charge in [-0.1, -0.05) is 30.3 Å². The SMILES string of the molecule is CC(C)(C)NNC(C=N)c1ccccc1. The fourth-order valence-electron chi connectivity index (χ4n) is 1.18. The minimum Gasteiger partial charge on any atom is -0.311 e. The summed E-state index contributed by atoms with van der Waals surface area (Å²) in [5.74, 6) is 0. The second kappa shape index (κ2) is 5.05. The van der Waals surface area contributed by atoms with Crippen LogP contribution in [-0.2, 0) is 0 Å². The van der Waals surface area contributed by atoms with E-state index >= 15 is 0 Å². The Bertz CT molecular complexity index is 300. The highest BCUT2D eigenvalue weighted by Crippen LogP contribution is 2.09. The summed E-state index contributed by atoms with van der Waals surface area (Å²) >= 11 is 0. The molecule has 1 aromatic rings. The van der Waals surface area contributed by atoms with Gasteiger partial charge in [-0.2, -0.15) is 0 Å². The van der Waals surface area contributed by atoms with Crippen molar-refractivity contribution in [2.24, 2.45) is 0 Å². The third-order valence-corrected chi connectivity index (χ3v) is 1.93. The van der Waals surface area contributed by atoms with Gasteiger partial charge in [0.25, 0.3) is 0 Å². The van der Waals surface area contributed by atoms with E-state index in [4.69, 9.17) is 5.41 Å². The Morgan fingerprint density at radius 3 is 2.27 bits per heavy atom. The summed E-state index contributed by atoms with van der Waals surface area (Å²) in [6.45, 7) is 6.23. The standard InChI is InChI=1S/C12H19N3/c1-12(2,3)15-14-11(9-13)10-7-5-4-6-8-10/h4-9,11,13-15H,1-3H3. The third-order valence-electron chi connectivity index (χ3n) is 1.93. The predicted molar refractivity (Wildman–Crippen MR) is 64.0 cm³/mol. The molecule has 0 aliphatic rings. The summed E-state index contributed by atoms with van der Waals surface area (Å²) in [5.41, 5.74) is 7.39. The number of rotatable bonds is 4. The first-order valence-electron chi connectivity index (χ1n) is 5.11. The van der Waals surface area contributed by atoms with Gasteiger partial charge >= 0.3 is 0 Å². The molecule has 15 heavy (non-hydrogen) atoms. The molecule has 0 bridgehead atoms. The first-order valence-corrected chi connectivity index (χ1v) is 5.11. The van der Waals surface area contributed by atoms with Crippen molar-refractivity contribution in [3.8, 4) is 0 Å². The summed E-state index contributed by atoms with van der Waals surface area (Å²) < 4.78 is 0. The highest BCUT2D eigenvalue weighted by molar-refractivity contribution is 5.63. The van der Waals surface area contributed by atoms with Gasteiger partial charge in [0.2, 0.25) is 0 Å². The van der Waals surface area contributed by atoms with Crippen molar-refractivity contribution >= 4 is 6.21 Å². The Morgan fingerprint density at radius 1 is 1.20 bits per heavy atom. The summed E-state index contributed by atoms with van der Waals surface area (Å²) in [4.78, 5) is 0. The molecule has 82 valence electrons. The minimum absolute atomic E-state index is 0.00393. The van der Waals surface area contributed by atoms with Crippen LogP contribution in [0.2, 0.25) is 0 Å². The Hall–Kier alpha value is -1.19. The first-order chi connectivity index (χ1) is 7.03. The molecule has 1 unspecified atom stereocenters. The molecule has 1 aromatic carbocycles. The van der Waals surface area contributed by atoms with Gasteiger partial charge < -0.3 is 5.41 Å². The molecule has 0 saturated carbocycles. The molecule has 3 heteroatoms. The normalized spacial score (nSPS) is 13.5. The predicted octanol–water partition coefficient (Wildman–Crippen LogP) is 2.27. The lowest BCUT2D eigenvalue weighted by molar-refractivity contribution is 0.347. The lowest BCUT2D eigenvalue weighted by Gasteiger charge is -2.24. The van der Waals surface area contributed by atoms with E-state index in [1.807, 2.05) is 30.3 Å². The lowest BCUT2D eigenvalue weighted by Crippen LogP contribution is -2.47. The fraction of sp³-hybridized carbons (Fsp3) is 0.417. The van der Waals surface area contributed by atoms with E-state index in [0.29, 0.717) is 0 Å². The molecule has 0 aliphatic carbocycles. The van der Waals surface area contributed by atoms with Gasteiger partial charge in [-0.05, 0) is 26.3 Å². The largest absolute Gasteiger partial charge is 0.311 e. The maximum atomic E-state index is 7.38. The zero-order chi connectivity index (χ0) is 11.3. The third kappa shape index (κ3) is 4.23.